The van der Waals surface area contributed by atoms with E-state index in [0.29, 0.717) is 56.9 Å². The minimum atomic E-state index is -5.07. The van der Waals surface area contributed by atoms with E-state index in [4.69, 9.17) is 51.5 Å². The lowest BCUT2D eigenvalue weighted by Gasteiger charge is -2.46. The number of ether oxygens (including phenoxy) is 8. The second-order valence-electron chi connectivity index (χ2n) is 32.9. The molecule has 119 heavy (non-hydrogen) atoms. The Labute approximate surface area is 714 Å². The first-order valence-electron chi connectivity index (χ1n) is 46.6. The summed E-state index contributed by atoms with van der Waals surface area (Å²) in [5, 5.41) is 42.4. The monoisotopic (exact) mass is 1690 g/mol. The van der Waals surface area contributed by atoms with Gasteiger partial charge in [-0.05, 0) is 87.6 Å². The molecular weight excluding hydrogens is 1540 g/mol. The van der Waals surface area contributed by atoms with Crippen LogP contribution in [0, 0.1) is 0 Å². The fourth-order valence-electron chi connectivity index (χ4n) is 15.3. The van der Waals surface area contributed by atoms with Crippen LogP contribution in [0.25, 0.3) is 0 Å². The van der Waals surface area contributed by atoms with Crippen molar-refractivity contribution >= 4 is 43.5 Å². The first-order valence-corrected chi connectivity index (χ1v) is 48.1. The van der Waals surface area contributed by atoms with Crippen molar-refractivity contribution < 1.29 is 100 Å². The molecule has 0 saturated carbocycles. The predicted molar refractivity (Wildman–Crippen MR) is 464 cm³/mol. The standard InChI is InChI=1S/C95H155N2O21P/c1-7-13-19-25-28-30-33-39-47-62-77(110-84(101)65-53-35-22-16-10-4)68-82(99)96-88-91(106)90(105)81(114-94(88)108-72-74-56-44-41-45-57-74)73-109-95-89(97-83(100)69-78(63-46-38-32-27-21-15-9-3)111-85(102)66-54-36-23-17-11-5)93(92(80(71-98)113-95)118-119(107,116-75-58-49-42-50-59-75)117-76-60-51-43-52-61-76)115-87(104)70-79(112-86(103)67-55-37-24-18-12-6)64-48-40-34-31-29-26-20-14-8-2/h41-45,49-52,56-61,77-81,88-95,98,105-106H,7-40,46-48,53-55,62-73H2,1-6H3,(H,96,99)(H,97,100)/t77-,78-,79-,80-,81-,88-,89-,90-,91-,92-,93-,94-,95-/m1/s1. The number of hydrogen-bond donors (Lipinski definition) is 5. The Hall–Kier alpha value is -6.01. The lowest BCUT2D eigenvalue weighted by Crippen LogP contribution is -2.67. The normalized spacial score (nSPS) is 20.0. The number of aliphatic hydroxyl groups is 3. The molecule has 5 N–H and O–H groups in total. The minimum Gasteiger partial charge on any atom is -0.462 e. The molecule has 0 spiro atoms. The van der Waals surface area contributed by atoms with Crippen LogP contribution in [0.1, 0.15) is 362 Å². The van der Waals surface area contributed by atoms with Crippen molar-refractivity contribution in [3.63, 3.8) is 0 Å². The van der Waals surface area contributed by atoms with Crippen molar-refractivity contribution in [2.75, 3.05) is 13.2 Å². The highest BCUT2D eigenvalue weighted by atomic mass is 31.2. The number of carbonyl (C=O) groups excluding carboxylic acids is 6. The van der Waals surface area contributed by atoms with Gasteiger partial charge in [-0.15, -0.1) is 0 Å². The third kappa shape index (κ3) is 45.3. The highest BCUT2D eigenvalue weighted by Crippen LogP contribution is 2.53. The fourth-order valence-corrected chi connectivity index (χ4v) is 16.7. The fraction of sp³-hybridized carbons (Fsp3) is 0.747. The van der Waals surface area contributed by atoms with Crippen molar-refractivity contribution in [1.82, 2.24) is 10.6 Å². The van der Waals surface area contributed by atoms with Gasteiger partial charge in [-0.2, -0.15) is 0 Å². The Balaban J connectivity index is 1.60. The van der Waals surface area contributed by atoms with Crippen molar-refractivity contribution in [3.8, 4) is 11.5 Å². The SMILES string of the molecule is CCCCCCCCCCC[C@H](CC(=O)N[C@H]1[C@H](OCc2ccccc2)O[C@H](CO[C@@H]2O[C@H](CO)[C@@H](OP(=O)(Oc3ccccc3)Oc3ccccc3)[C@H](OC(=O)C[C@@H](CCCCCCCCCCC)OC(=O)CCCCCCC)[C@H]2NC(=O)C[C@@H](CCCCCCCCC)OC(=O)CCCCCCC)[C@@H](O)[C@@H]1O)OC(=O)CCCCCCC. The molecule has 0 bridgehead atoms. The molecule has 5 rings (SSSR count). The van der Waals surface area contributed by atoms with E-state index in [2.05, 4.69) is 52.2 Å². The quantitative estimate of drug-likeness (QED) is 0.0152. The molecule has 3 aromatic rings. The molecule has 23 nitrogen and oxygen atoms in total. The number of unbranched alkanes of at least 4 members (excludes halogenated alkanes) is 34. The average molecular weight is 1690 g/mol. The van der Waals surface area contributed by atoms with Crippen LogP contribution in [0.4, 0.5) is 0 Å². The Bertz CT molecular complexity index is 3110. The third-order valence-corrected chi connectivity index (χ3v) is 23.6. The summed E-state index contributed by atoms with van der Waals surface area (Å²) < 4.78 is 86.4. The topological polar surface area (TPSA) is 306 Å². The van der Waals surface area contributed by atoms with Gasteiger partial charge < -0.3 is 72.9 Å². The summed E-state index contributed by atoms with van der Waals surface area (Å²) >= 11 is 0. The Kier molecular flexibility index (Phi) is 56.3. The maximum absolute atomic E-state index is 15.8. The van der Waals surface area contributed by atoms with E-state index in [0.717, 1.165) is 186 Å². The molecule has 0 unspecified atom stereocenters. The summed E-state index contributed by atoms with van der Waals surface area (Å²) in [5.74, 6) is -3.53. The number of amides is 2. The molecule has 2 aliphatic heterocycles. The highest BCUT2D eigenvalue weighted by molar-refractivity contribution is 7.49. The predicted octanol–water partition coefficient (Wildman–Crippen LogP) is 20.9. The lowest BCUT2D eigenvalue weighted by molar-refractivity contribution is -0.304. The number of carbonyl (C=O) groups is 6. The van der Waals surface area contributed by atoms with E-state index < -0.39 is 149 Å². The largest absolute Gasteiger partial charge is 0.588 e. The van der Waals surface area contributed by atoms with Crippen LogP contribution in [0.5, 0.6) is 11.5 Å². The Morgan fingerprint density at radius 1 is 0.387 bits per heavy atom. The van der Waals surface area contributed by atoms with E-state index >= 15 is 14.2 Å². The molecule has 676 valence electrons. The smallest absolute Gasteiger partial charge is 0.462 e. The summed E-state index contributed by atoms with van der Waals surface area (Å²) in [7, 11) is -5.07. The van der Waals surface area contributed by atoms with Crippen LogP contribution in [0.2, 0.25) is 0 Å². The van der Waals surface area contributed by atoms with Gasteiger partial charge in [0.15, 0.2) is 18.7 Å². The number of para-hydroxylation sites is 2. The van der Waals surface area contributed by atoms with E-state index in [9.17, 15) is 34.5 Å². The van der Waals surface area contributed by atoms with Crippen molar-refractivity contribution in [2.24, 2.45) is 0 Å². The molecule has 2 fully saturated rings. The Morgan fingerprint density at radius 2 is 0.723 bits per heavy atom. The van der Waals surface area contributed by atoms with Gasteiger partial charge in [-0.25, -0.2) is 4.57 Å². The van der Waals surface area contributed by atoms with Gasteiger partial charge >= 0.3 is 31.7 Å². The van der Waals surface area contributed by atoms with Crippen LogP contribution < -0.4 is 19.7 Å². The van der Waals surface area contributed by atoms with Crippen LogP contribution in [0.3, 0.4) is 0 Å². The molecule has 2 heterocycles. The molecule has 13 atom stereocenters. The maximum Gasteiger partial charge on any atom is 0.588 e. The zero-order chi connectivity index (χ0) is 85.8. The van der Waals surface area contributed by atoms with E-state index in [1.807, 2.05) is 30.3 Å². The number of hydrogen-bond acceptors (Lipinski definition) is 21. The third-order valence-electron chi connectivity index (χ3n) is 22.3. The zero-order valence-corrected chi connectivity index (χ0v) is 74.5. The second kappa shape index (κ2) is 64.7. The molecule has 24 heteroatoms. The summed E-state index contributed by atoms with van der Waals surface area (Å²) in [6, 6.07) is 22.1. The first kappa shape index (κ1) is 104. The summed E-state index contributed by atoms with van der Waals surface area (Å²) in [4.78, 5) is 86.6. The van der Waals surface area contributed by atoms with E-state index in [1.165, 1.54) is 62.8 Å². The molecule has 2 saturated heterocycles. The van der Waals surface area contributed by atoms with Gasteiger partial charge in [0.1, 0.15) is 72.4 Å². The molecule has 0 aliphatic carbocycles. The molecular formula is C95H155N2O21P. The van der Waals surface area contributed by atoms with Gasteiger partial charge in [0.05, 0.1) is 39.1 Å². The van der Waals surface area contributed by atoms with E-state index in [-0.39, 0.29) is 43.8 Å². The van der Waals surface area contributed by atoms with Crippen molar-refractivity contribution in [1.29, 1.82) is 0 Å². The lowest BCUT2D eigenvalue weighted by atomic mass is 9.95. The second-order valence-corrected chi connectivity index (χ2v) is 34.4. The summed E-state index contributed by atoms with van der Waals surface area (Å²) in [6.45, 7) is 11.2. The molecule has 2 aliphatic rings. The molecule has 0 aromatic heterocycles. The first-order chi connectivity index (χ1) is 57.9. The average Bonchev–Trinajstić information content (AvgIpc) is 0.773. The summed E-state index contributed by atoms with van der Waals surface area (Å²) in [6.07, 6.45) is 22.8. The number of phosphoric ester groups is 1. The van der Waals surface area contributed by atoms with Gasteiger partial charge in [-0.3, -0.25) is 33.3 Å². The highest BCUT2D eigenvalue weighted by Gasteiger charge is 2.55. The van der Waals surface area contributed by atoms with Crippen molar-refractivity contribution in [2.45, 2.75) is 442 Å². The van der Waals surface area contributed by atoms with Crippen molar-refractivity contribution in [3.05, 3.63) is 96.6 Å². The molecule has 2 amide bonds. The van der Waals surface area contributed by atoms with Crippen LogP contribution in [-0.2, 0) is 82.4 Å². The maximum atomic E-state index is 15.8. The van der Waals surface area contributed by atoms with E-state index in [1.54, 1.807) is 36.4 Å². The minimum absolute atomic E-state index is 0.0385. The number of aliphatic hydroxyl groups excluding tert-OH is 3. The van der Waals surface area contributed by atoms with Gasteiger partial charge in [0.25, 0.3) is 0 Å². The molecule has 0 radical (unpaired) electrons. The van der Waals surface area contributed by atoms with Gasteiger partial charge in [0.2, 0.25) is 11.8 Å². The summed E-state index contributed by atoms with van der Waals surface area (Å²) in [5.41, 5.74) is 0.708. The van der Waals surface area contributed by atoms with Crippen LogP contribution in [-0.4, -0.2) is 144 Å². The number of benzene rings is 3. The van der Waals surface area contributed by atoms with Gasteiger partial charge in [0, 0.05) is 19.3 Å². The zero-order valence-electron chi connectivity index (χ0n) is 73.6. The number of rotatable bonds is 71. The number of phosphoric acid groups is 1. The molecule has 3 aromatic carbocycles. The van der Waals surface area contributed by atoms with Gasteiger partial charge in [-0.1, -0.05) is 327 Å². The number of esters is 4. The number of nitrogens with one attached hydrogen (secondary N) is 2. The Morgan fingerprint density at radius 3 is 1.11 bits per heavy atom. The van der Waals surface area contributed by atoms with Crippen LogP contribution in [0.15, 0.2) is 91.0 Å². The van der Waals surface area contributed by atoms with Crippen LogP contribution >= 0.6 is 7.82 Å².